The number of hydrogen-bond donors (Lipinski definition) is 0. The van der Waals surface area contributed by atoms with Gasteiger partial charge in [-0.25, -0.2) is 15.0 Å². The molecule has 5 aromatic rings. The Hall–Kier alpha value is -3.21. The van der Waals surface area contributed by atoms with E-state index in [1.165, 1.54) is 0 Å². The minimum absolute atomic E-state index is 0.114. The summed E-state index contributed by atoms with van der Waals surface area (Å²) in [5.74, 6) is 0.910. The molecule has 0 aliphatic rings. The third-order valence-electron chi connectivity index (χ3n) is 4.82. The second-order valence-corrected chi connectivity index (χ2v) is 7.91. The molecular weight excluding hydrogens is 336 g/mol. The average molecular weight is 356 g/mol. The molecule has 4 heterocycles. The fourth-order valence-corrected chi connectivity index (χ4v) is 3.65. The molecule has 0 saturated carbocycles. The monoisotopic (exact) mass is 356 g/mol. The summed E-state index contributed by atoms with van der Waals surface area (Å²) in [6.07, 6.45) is 1.83. The smallest absolute Gasteiger partial charge is 0.229 e. The number of benzene rings is 1. The van der Waals surface area contributed by atoms with Crippen molar-refractivity contribution in [2.75, 3.05) is 0 Å². The summed E-state index contributed by atoms with van der Waals surface area (Å²) in [6.45, 7) is 8.53. The van der Waals surface area contributed by atoms with Gasteiger partial charge in [-0.2, -0.15) is 0 Å². The molecule has 5 heteroatoms. The van der Waals surface area contributed by atoms with E-state index in [1.807, 2.05) is 37.4 Å². The van der Waals surface area contributed by atoms with Crippen molar-refractivity contribution in [2.24, 2.45) is 0 Å². The molecule has 5 nitrogen and oxygen atoms in total. The van der Waals surface area contributed by atoms with Crippen LogP contribution in [0.3, 0.4) is 0 Å². The summed E-state index contributed by atoms with van der Waals surface area (Å²) >= 11 is 0. The van der Waals surface area contributed by atoms with Crippen molar-refractivity contribution < 1.29 is 4.42 Å². The van der Waals surface area contributed by atoms with Gasteiger partial charge in [0.25, 0.3) is 0 Å². The lowest BCUT2D eigenvalue weighted by atomic mass is 10.1. The summed E-state index contributed by atoms with van der Waals surface area (Å²) in [6, 6.07) is 14.4. The van der Waals surface area contributed by atoms with Crippen LogP contribution >= 0.6 is 0 Å². The summed E-state index contributed by atoms with van der Waals surface area (Å²) < 4.78 is 8.10. The van der Waals surface area contributed by atoms with Gasteiger partial charge in [0.1, 0.15) is 5.82 Å². The maximum Gasteiger partial charge on any atom is 0.229 e. The van der Waals surface area contributed by atoms with Gasteiger partial charge in [-0.05, 0) is 58.0 Å². The molecule has 0 aliphatic carbocycles. The molecule has 1 aromatic carbocycles. The molecule has 0 fully saturated rings. The minimum Gasteiger partial charge on any atom is -0.419 e. The van der Waals surface area contributed by atoms with Crippen LogP contribution in [0.1, 0.15) is 26.5 Å². The summed E-state index contributed by atoms with van der Waals surface area (Å²) in [5.41, 5.74) is 5.11. The quantitative estimate of drug-likeness (QED) is 0.400. The lowest BCUT2D eigenvalue weighted by molar-refractivity contribution is 0.413. The summed E-state index contributed by atoms with van der Waals surface area (Å²) in [7, 11) is 0. The standard InChI is InChI=1S/C22H20N4O/c1-13-9-10-15-16-11-14(12-23-20(16)27-21(15)24-13)19-25-17-7-5-6-8-18(17)26(19)22(2,3)4/h5-12H,1-4H3. The number of nitrogens with zero attached hydrogens (tertiary/aromatic N) is 4. The number of aryl methyl sites for hydroxylation is 1. The number of furan rings is 1. The highest BCUT2D eigenvalue weighted by Gasteiger charge is 2.23. The minimum atomic E-state index is -0.114. The first-order valence-electron chi connectivity index (χ1n) is 9.06. The molecule has 0 aliphatic heterocycles. The van der Waals surface area contributed by atoms with Gasteiger partial charge in [-0.3, -0.25) is 0 Å². The Morgan fingerprint density at radius 2 is 1.74 bits per heavy atom. The van der Waals surface area contributed by atoms with E-state index >= 15 is 0 Å². The van der Waals surface area contributed by atoms with Crippen LogP contribution in [0, 0.1) is 6.92 Å². The Labute approximate surface area is 156 Å². The van der Waals surface area contributed by atoms with Gasteiger partial charge < -0.3 is 8.98 Å². The van der Waals surface area contributed by atoms with E-state index in [-0.39, 0.29) is 5.54 Å². The Balaban J connectivity index is 1.82. The number of para-hydroxylation sites is 2. The Bertz CT molecular complexity index is 1320. The molecule has 0 atom stereocenters. The highest BCUT2D eigenvalue weighted by atomic mass is 16.3. The lowest BCUT2D eigenvalue weighted by Gasteiger charge is -2.24. The van der Waals surface area contributed by atoms with E-state index < -0.39 is 0 Å². The van der Waals surface area contributed by atoms with Crippen molar-refractivity contribution in [2.45, 2.75) is 33.2 Å². The molecular formula is C22H20N4O. The normalized spacial score (nSPS) is 12.4. The first kappa shape index (κ1) is 16.0. The van der Waals surface area contributed by atoms with E-state index in [2.05, 4.69) is 53.5 Å². The van der Waals surface area contributed by atoms with Gasteiger partial charge in [0, 0.05) is 28.4 Å². The number of imidazole rings is 1. The van der Waals surface area contributed by atoms with Crippen molar-refractivity contribution >= 4 is 33.2 Å². The number of aromatic nitrogens is 4. The number of fused-ring (bicyclic) bond motifs is 4. The molecule has 134 valence electrons. The zero-order valence-electron chi connectivity index (χ0n) is 15.8. The largest absolute Gasteiger partial charge is 0.419 e. The molecule has 4 aromatic heterocycles. The van der Waals surface area contributed by atoms with Crippen molar-refractivity contribution in [3.8, 4) is 11.4 Å². The molecule has 0 radical (unpaired) electrons. The van der Waals surface area contributed by atoms with Crippen molar-refractivity contribution in [3.63, 3.8) is 0 Å². The predicted molar refractivity (Wildman–Crippen MR) is 108 cm³/mol. The third-order valence-corrected chi connectivity index (χ3v) is 4.82. The summed E-state index contributed by atoms with van der Waals surface area (Å²) in [5, 5.41) is 1.94. The van der Waals surface area contributed by atoms with Crippen LogP contribution in [-0.2, 0) is 5.54 Å². The highest BCUT2D eigenvalue weighted by Crippen LogP contribution is 2.34. The summed E-state index contributed by atoms with van der Waals surface area (Å²) in [4.78, 5) is 13.9. The van der Waals surface area contributed by atoms with Gasteiger partial charge >= 0.3 is 0 Å². The number of rotatable bonds is 1. The molecule has 0 N–H and O–H groups in total. The molecule has 0 bridgehead atoms. The van der Waals surface area contributed by atoms with Crippen LogP contribution in [0.5, 0.6) is 0 Å². The van der Waals surface area contributed by atoms with Crippen LogP contribution in [0.25, 0.3) is 44.6 Å². The number of hydrogen-bond acceptors (Lipinski definition) is 4. The van der Waals surface area contributed by atoms with Gasteiger partial charge in [-0.15, -0.1) is 0 Å². The second-order valence-electron chi connectivity index (χ2n) is 7.91. The molecule has 0 saturated heterocycles. The second kappa shape index (κ2) is 5.39. The van der Waals surface area contributed by atoms with E-state index in [1.54, 1.807) is 0 Å². The van der Waals surface area contributed by atoms with Crippen molar-refractivity contribution in [1.29, 1.82) is 0 Å². The van der Waals surface area contributed by atoms with Crippen LogP contribution < -0.4 is 0 Å². The zero-order chi connectivity index (χ0) is 18.8. The molecule has 0 spiro atoms. The van der Waals surface area contributed by atoms with E-state index in [9.17, 15) is 0 Å². The maximum atomic E-state index is 5.83. The van der Waals surface area contributed by atoms with E-state index in [0.29, 0.717) is 11.4 Å². The van der Waals surface area contributed by atoms with E-state index in [0.717, 1.165) is 38.9 Å². The Kier molecular flexibility index (Phi) is 3.20. The highest BCUT2D eigenvalue weighted by molar-refractivity contribution is 6.03. The molecule has 5 rings (SSSR count). The fraction of sp³-hybridized carbons (Fsp3) is 0.227. The number of pyridine rings is 2. The fourth-order valence-electron chi connectivity index (χ4n) is 3.65. The molecule has 27 heavy (non-hydrogen) atoms. The Morgan fingerprint density at radius 3 is 2.56 bits per heavy atom. The maximum absolute atomic E-state index is 5.83. The predicted octanol–water partition coefficient (Wildman–Crippen LogP) is 5.46. The van der Waals surface area contributed by atoms with Gasteiger partial charge in [0.15, 0.2) is 0 Å². The van der Waals surface area contributed by atoms with Crippen LogP contribution in [-0.4, -0.2) is 19.5 Å². The first-order valence-corrected chi connectivity index (χ1v) is 9.06. The zero-order valence-corrected chi connectivity index (χ0v) is 15.8. The Morgan fingerprint density at radius 1 is 0.926 bits per heavy atom. The van der Waals surface area contributed by atoms with Crippen LogP contribution in [0.4, 0.5) is 0 Å². The lowest BCUT2D eigenvalue weighted by Crippen LogP contribution is -2.22. The molecule has 0 unspecified atom stereocenters. The first-order chi connectivity index (χ1) is 12.9. The molecule has 0 amide bonds. The van der Waals surface area contributed by atoms with Crippen LogP contribution in [0.2, 0.25) is 0 Å². The van der Waals surface area contributed by atoms with Gasteiger partial charge in [-0.1, -0.05) is 12.1 Å². The third kappa shape index (κ3) is 2.42. The van der Waals surface area contributed by atoms with Gasteiger partial charge in [0.05, 0.1) is 16.4 Å². The topological polar surface area (TPSA) is 56.7 Å². The van der Waals surface area contributed by atoms with Crippen molar-refractivity contribution in [1.82, 2.24) is 19.5 Å². The SMILES string of the molecule is Cc1ccc2c(n1)oc1ncc(-c3nc4ccccc4n3C(C)(C)C)cc12. The van der Waals surface area contributed by atoms with Crippen molar-refractivity contribution in [3.05, 3.63) is 54.4 Å². The van der Waals surface area contributed by atoms with E-state index in [4.69, 9.17) is 9.40 Å². The van der Waals surface area contributed by atoms with Crippen LogP contribution in [0.15, 0.2) is 53.1 Å². The average Bonchev–Trinajstić information content (AvgIpc) is 3.18. The van der Waals surface area contributed by atoms with Gasteiger partial charge in [0.2, 0.25) is 11.4 Å².